The van der Waals surface area contributed by atoms with Crippen molar-refractivity contribution < 1.29 is 19.4 Å². The van der Waals surface area contributed by atoms with Gasteiger partial charge in [0.25, 0.3) is 5.91 Å². The first-order valence-electron chi connectivity index (χ1n) is 7.61. The Morgan fingerprint density at radius 2 is 2.12 bits per heavy atom. The van der Waals surface area contributed by atoms with Gasteiger partial charge in [0, 0.05) is 17.4 Å². The standard InChI is InChI=1S/C17H16ClN3O4/c18-14-7-11(5-6-19-14)17(24)20-12-3-1-10(2-4-12)16(23)13-8-25-9-15(22)21-13/h1-7,13,16,23H,8-9H2,(H,20,24)(H,21,22). The SMILES string of the molecule is O=C1COCC(C(O)c2ccc(NC(=O)c3ccnc(Cl)c3)cc2)N1. The van der Waals surface area contributed by atoms with Gasteiger partial charge in [-0.3, -0.25) is 9.59 Å². The minimum absolute atomic E-state index is 0.00715. The first kappa shape index (κ1) is 17.3. The molecule has 8 heteroatoms. The molecule has 3 N–H and O–H groups in total. The smallest absolute Gasteiger partial charge is 0.255 e. The quantitative estimate of drug-likeness (QED) is 0.717. The number of nitrogens with zero attached hydrogens (tertiary/aromatic N) is 1. The number of aliphatic hydroxyl groups excluding tert-OH is 1. The van der Waals surface area contributed by atoms with Crippen LogP contribution in [-0.4, -0.2) is 41.2 Å². The number of aromatic nitrogens is 1. The second-order valence-electron chi connectivity index (χ2n) is 5.58. The number of amides is 2. The second kappa shape index (κ2) is 7.60. The van der Waals surface area contributed by atoms with Crippen LogP contribution in [0, 0.1) is 0 Å². The average Bonchev–Trinajstić information content (AvgIpc) is 2.62. The van der Waals surface area contributed by atoms with Crippen molar-refractivity contribution in [3.05, 3.63) is 58.9 Å². The molecule has 25 heavy (non-hydrogen) atoms. The molecule has 2 amide bonds. The maximum atomic E-state index is 12.2. The molecule has 1 aromatic heterocycles. The summed E-state index contributed by atoms with van der Waals surface area (Å²) in [7, 11) is 0. The molecule has 0 saturated carbocycles. The van der Waals surface area contributed by atoms with Crippen LogP contribution in [0.25, 0.3) is 0 Å². The van der Waals surface area contributed by atoms with Crippen molar-refractivity contribution in [3.8, 4) is 0 Å². The Bertz CT molecular complexity index is 782. The van der Waals surface area contributed by atoms with E-state index in [9.17, 15) is 14.7 Å². The molecule has 0 spiro atoms. The van der Waals surface area contributed by atoms with Gasteiger partial charge in [0.15, 0.2) is 0 Å². The van der Waals surface area contributed by atoms with Gasteiger partial charge in [-0.2, -0.15) is 0 Å². The fourth-order valence-corrected chi connectivity index (χ4v) is 2.66. The van der Waals surface area contributed by atoms with E-state index in [1.165, 1.54) is 12.3 Å². The highest BCUT2D eigenvalue weighted by Gasteiger charge is 2.26. The summed E-state index contributed by atoms with van der Waals surface area (Å²) in [6.45, 7) is 0.251. The van der Waals surface area contributed by atoms with Crippen LogP contribution in [0.2, 0.25) is 5.15 Å². The number of aliphatic hydroxyl groups is 1. The van der Waals surface area contributed by atoms with E-state index in [0.717, 1.165) is 0 Å². The van der Waals surface area contributed by atoms with Gasteiger partial charge < -0.3 is 20.5 Å². The number of hydrogen-bond donors (Lipinski definition) is 3. The predicted molar refractivity (Wildman–Crippen MR) is 91.4 cm³/mol. The molecule has 2 heterocycles. The number of halogens is 1. The van der Waals surface area contributed by atoms with E-state index < -0.39 is 12.1 Å². The number of anilines is 1. The predicted octanol–water partition coefficient (Wildman–Crippen LogP) is 1.54. The molecule has 1 aliphatic rings. The Morgan fingerprint density at radius 3 is 2.80 bits per heavy atom. The number of hydrogen-bond acceptors (Lipinski definition) is 5. The summed E-state index contributed by atoms with van der Waals surface area (Å²) >= 11 is 5.77. The van der Waals surface area contributed by atoms with Crippen molar-refractivity contribution in [3.63, 3.8) is 0 Å². The Labute approximate surface area is 149 Å². The van der Waals surface area contributed by atoms with E-state index in [4.69, 9.17) is 16.3 Å². The maximum Gasteiger partial charge on any atom is 0.255 e. The van der Waals surface area contributed by atoms with Crippen LogP contribution in [0.1, 0.15) is 22.0 Å². The van der Waals surface area contributed by atoms with Gasteiger partial charge in [-0.15, -0.1) is 0 Å². The molecular weight excluding hydrogens is 346 g/mol. The Hall–Kier alpha value is -2.48. The second-order valence-corrected chi connectivity index (χ2v) is 5.96. The number of nitrogens with one attached hydrogen (secondary N) is 2. The lowest BCUT2D eigenvalue weighted by Gasteiger charge is -2.28. The molecule has 0 radical (unpaired) electrons. The number of carbonyl (C=O) groups excluding carboxylic acids is 2. The van der Waals surface area contributed by atoms with E-state index in [1.807, 2.05) is 0 Å². The van der Waals surface area contributed by atoms with Gasteiger partial charge in [0.05, 0.1) is 12.6 Å². The lowest BCUT2D eigenvalue weighted by atomic mass is 10.0. The zero-order valence-electron chi connectivity index (χ0n) is 13.1. The van der Waals surface area contributed by atoms with Gasteiger partial charge in [-0.05, 0) is 29.8 Å². The Kier molecular flexibility index (Phi) is 5.28. The number of morpholine rings is 1. The van der Waals surface area contributed by atoms with E-state index in [-0.39, 0.29) is 30.2 Å². The molecule has 2 unspecified atom stereocenters. The highest BCUT2D eigenvalue weighted by Crippen LogP contribution is 2.21. The minimum atomic E-state index is -0.895. The maximum absolute atomic E-state index is 12.2. The van der Waals surface area contributed by atoms with Crippen LogP contribution in [0.4, 0.5) is 5.69 Å². The Balaban J connectivity index is 1.65. The zero-order chi connectivity index (χ0) is 17.8. The number of rotatable bonds is 4. The van der Waals surface area contributed by atoms with Crippen LogP contribution in [0.5, 0.6) is 0 Å². The summed E-state index contributed by atoms with van der Waals surface area (Å²) in [5.74, 6) is -0.569. The molecule has 3 rings (SSSR count). The van der Waals surface area contributed by atoms with Gasteiger partial charge in [0.2, 0.25) is 5.91 Å². The van der Waals surface area contributed by atoms with Gasteiger partial charge in [-0.1, -0.05) is 23.7 Å². The van der Waals surface area contributed by atoms with Crippen molar-refractivity contribution in [1.29, 1.82) is 0 Å². The third-order valence-electron chi connectivity index (χ3n) is 3.76. The van der Waals surface area contributed by atoms with Crippen LogP contribution < -0.4 is 10.6 Å². The van der Waals surface area contributed by atoms with Gasteiger partial charge >= 0.3 is 0 Å². The van der Waals surface area contributed by atoms with E-state index in [1.54, 1.807) is 30.3 Å². The molecule has 0 aliphatic carbocycles. The van der Waals surface area contributed by atoms with E-state index in [2.05, 4.69) is 15.6 Å². The van der Waals surface area contributed by atoms with Crippen molar-refractivity contribution >= 4 is 29.1 Å². The highest BCUT2D eigenvalue weighted by molar-refractivity contribution is 6.29. The molecular formula is C17H16ClN3O4. The van der Waals surface area contributed by atoms with Crippen molar-refractivity contribution in [2.75, 3.05) is 18.5 Å². The summed E-state index contributed by atoms with van der Waals surface area (Å²) in [5.41, 5.74) is 1.57. The number of benzene rings is 1. The third kappa shape index (κ3) is 4.33. The normalized spacial score (nSPS) is 18.3. The largest absolute Gasteiger partial charge is 0.386 e. The van der Waals surface area contributed by atoms with Crippen LogP contribution in [0.3, 0.4) is 0 Å². The summed E-state index contributed by atoms with van der Waals surface area (Å²) in [5, 5.41) is 16.0. The summed E-state index contributed by atoms with van der Waals surface area (Å²) in [6.07, 6.45) is 0.560. The van der Waals surface area contributed by atoms with Gasteiger partial charge in [-0.25, -0.2) is 4.98 Å². The van der Waals surface area contributed by atoms with Crippen molar-refractivity contribution in [1.82, 2.24) is 10.3 Å². The van der Waals surface area contributed by atoms with Crippen LogP contribution in [-0.2, 0) is 9.53 Å². The molecule has 2 aromatic rings. The monoisotopic (exact) mass is 361 g/mol. The molecule has 2 atom stereocenters. The minimum Gasteiger partial charge on any atom is -0.386 e. The van der Waals surface area contributed by atoms with Crippen LogP contribution in [0.15, 0.2) is 42.6 Å². The molecule has 0 bridgehead atoms. The third-order valence-corrected chi connectivity index (χ3v) is 3.96. The fraction of sp³-hybridized carbons (Fsp3) is 0.235. The first-order valence-corrected chi connectivity index (χ1v) is 7.99. The molecule has 1 aliphatic heterocycles. The fourth-order valence-electron chi connectivity index (χ4n) is 2.48. The van der Waals surface area contributed by atoms with Crippen LogP contribution >= 0.6 is 11.6 Å². The lowest BCUT2D eigenvalue weighted by molar-refractivity contribution is -0.133. The van der Waals surface area contributed by atoms with E-state index in [0.29, 0.717) is 16.8 Å². The molecule has 130 valence electrons. The highest BCUT2D eigenvalue weighted by atomic mass is 35.5. The van der Waals surface area contributed by atoms with Crippen molar-refractivity contribution in [2.45, 2.75) is 12.1 Å². The first-order chi connectivity index (χ1) is 12.0. The van der Waals surface area contributed by atoms with Gasteiger partial charge in [0.1, 0.15) is 17.9 Å². The molecule has 1 aromatic carbocycles. The molecule has 1 saturated heterocycles. The average molecular weight is 362 g/mol. The molecule has 7 nitrogen and oxygen atoms in total. The lowest BCUT2D eigenvalue weighted by Crippen LogP contribution is -2.48. The Morgan fingerprint density at radius 1 is 1.36 bits per heavy atom. The number of ether oxygens (including phenoxy) is 1. The summed E-state index contributed by atoms with van der Waals surface area (Å²) in [4.78, 5) is 27.3. The van der Waals surface area contributed by atoms with Crippen molar-refractivity contribution in [2.24, 2.45) is 0 Å². The topological polar surface area (TPSA) is 101 Å². The zero-order valence-corrected chi connectivity index (χ0v) is 13.9. The number of carbonyl (C=O) groups is 2. The number of pyridine rings is 1. The summed E-state index contributed by atoms with van der Waals surface area (Å²) in [6, 6.07) is 9.24. The summed E-state index contributed by atoms with van der Waals surface area (Å²) < 4.78 is 5.13. The van der Waals surface area contributed by atoms with E-state index >= 15 is 0 Å². The molecule has 1 fully saturated rings.